The number of hydrogen-bond donors (Lipinski definition) is 1. The third kappa shape index (κ3) is 4.03. The number of aromatic nitrogens is 2. The third-order valence-electron chi connectivity index (χ3n) is 3.53. The highest BCUT2D eigenvalue weighted by molar-refractivity contribution is 5.58. The number of hydrogen-bond acceptors (Lipinski definition) is 3. The molecule has 0 fully saturated rings. The Hall–Kier alpha value is -1.90. The van der Waals surface area contributed by atoms with Crippen molar-refractivity contribution in [2.75, 3.05) is 11.9 Å². The maximum Gasteiger partial charge on any atom is 0.161 e. The van der Waals surface area contributed by atoms with Crippen molar-refractivity contribution in [2.24, 2.45) is 0 Å². The molecule has 2 rings (SSSR count). The Morgan fingerprint density at radius 2 is 1.76 bits per heavy atom. The predicted molar refractivity (Wildman–Crippen MR) is 89.7 cm³/mol. The summed E-state index contributed by atoms with van der Waals surface area (Å²) < 4.78 is 0. The van der Waals surface area contributed by atoms with E-state index in [-0.39, 0.29) is 0 Å². The Kier molecular flexibility index (Phi) is 5.32. The molecular formula is C18H25N3. The van der Waals surface area contributed by atoms with Gasteiger partial charge in [0.05, 0.1) is 0 Å². The van der Waals surface area contributed by atoms with Crippen molar-refractivity contribution >= 4 is 5.82 Å². The second-order valence-corrected chi connectivity index (χ2v) is 5.63. The highest BCUT2D eigenvalue weighted by Gasteiger charge is 2.07. The van der Waals surface area contributed by atoms with E-state index in [4.69, 9.17) is 0 Å². The normalized spacial score (nSPS) is 10.9. The minimum Gasteiger partial charge on any atom is -0.370 e. The van der Waals surface area contributed by atoms with E-state index in [1.165, 1.54) is 5.56 Å². The van der Waals surface area contributed by atoms with Gasteiger partial charge in [-0.3, -0.25) is 0 Å². The summed E-state index contributed by atoms with van der Waals surface area (Å²) in [4.78, 5) is 9.30. The first-order valence-corrected chi connectivity index (χ1v) is 7.86. The van der Waals surface area contributed by atoms with Crippen LogP contribution in [0.5, 0.6) is 0 Å². The molecular weight excluding hydrogens is 258 g/mol. The topological polar surface area (TPSA) is 37.8 Å². The molecule has 0 bridgehead atoms. The zero-order valence-electron chi connectivity index (χ0n) is 13.5. The van der Waals surface area contributed by atoms with Crippen LogP contribution in [-0.2, 0) is 6.42 Å². The number of anilines is 1. The molecule has 0 aliphatic carbocycles. The summed E-state index contributed by atoms with van der Waals surface area (Å²) >= 11 is 0. The Morgan fingerprint density at radius 3 is 2.33 bits per heavy atom. The number of benzene rings is 1. The molecule has 0 amide bonds. The van der Waals surface area contributed by atoms with Gasteiger partial charge in [0.2, 0.25) is 0 Å². The zero-order chi connectivity index (χ0) is 15.2. The highest BCUT2D eigenvalue weighted by atomic mass is 15.0. The fourth-order valence-electron chi connectivity index (χ4n) is 2.17. The van der Waals surface area contributed by atoms with Crippen molar-refractivity contribution in [1.29, 1.82) is 0 Å². The minimum absolute atomic E-state index is 0.545. The van der Waals surface area contributed by atoms with E-state index in [9.17, 15) is 0 Å². The molecule has 3 heteroatoms. The average Bonchev–Trinajstić information content (AvgIpc) is 2.52. The van der Waals surface area contributed by atoms with Crippen LogP contribution in [0.15, 0.2) is 30.3 Å². The van der Waals surface area contributed by atoms with Crippen LogP contribution in [0.4, 0.5) is 5.82 Å². The first kappa shape index (κ1) is 15.5. The molecule has 0 atom stereocenters. The molecule has 0 saturated heterocycles. The van der Waals surface area contributed by atoms with E-state index < -0.39 is 0 Å². The Bertz CT molecular complexity index is 574. The van der Waals surface area contributed by atoms with Crippen LogP contribution in [0.1, 0.15) is 51.3 Å². The lowest BCUT2D eigenvalue weighted by atomic mass is 10.0. The van der Waals surface area contributed by atoms with Gasteiger partial charge in [-0.05, 0) is 24.3 Å². The Labute approximate surface area is 127 Å². The van der Waals surface area contributed by atoms with E-state index in [0.717, 1.165) is 42.3 Å². The fourth-order valence-corrected chi connectivity index (χ4v) is 2.17. The predicted octanol–water partition coefficient (Wildman–Crippen LogP) is 4.65. The molecule has 21 heavy (non-hydrogen) atoms. The van der Waals surface area contributed by atoms with Crippen LogP contribution >= 0.6 is 0 Å². The van der Waals surface area contributed by atoms with Gasteiger partial charge in [-0.15, -0.1) is 0 Å². The largest absolute Gasteiger partial charge is 0.370 e. The van der Waals surface area contributed by atoms with E-state index >= 15 is 0 Å². The van der Waals surface area contributed by atoms with Gasteiger partial charge >= 0.3 is 0 Å². The smallest absolute Gasteiger partial charge is 0.161 e. The molecule has 1 aromatic heterocycles. The molecule has 2 aromatic rings. The van der Waals surface area contributed by atoms with Crippen molar-refractivity contribution < 1.29 is 0 Å². The summed E-state index contributed by atoms with van der Waals surface area (Å²) in [6.07, 6.45) is 2.00. The van der Waals surface area contributed by atoms with Crippen molar-refractivity contribution in [3.05, 3.63) is 41.6 Å². The maximum absolute atomic E-state index is 4.65. The summed E-state index contributed by atoms with van der Waals surface area (Å²) in [5, 5.41) is 3.36. The fraction of sp³-hybridized carbons (Fsp3) is 0.444. The molecule has 1 heterocycles. The molecule has 112 valence electrons. The third-order valence-corrected chi connectivity index (χ3v) is 3.53. The lowest BCUT2D eigenvalue weighted by Gasteiger charge is -2.10. The zero-order valence-corrected chi connectivity index (χ0v) is 13.5. The molecule has 0 unspecified atom stereocenters. The van der Waals surface area contributed by atoms with Crippen LogP contribution in [0, 0.1) is 0 Å². The van der Waals surface area contributed by atoms with Gasteiger partial charge in [0.25, 0.3) is 0 Å². The molecule has 0 saturated carbocycles. The van der Waals surface area contributed by atoms with Gasteiger partial charge in [-0.2, -0.15) is 0 Å². The van der Waals surface area contributed by atoms with Crippen LogP contribution in [0.3, 0.4) is 0 Å². The SMILES string of the molecule is CCCNc1cc(CC)nc(-c2ccc(C(C)C)cc2)n1. The van der Waals surface area contributed by atoms with Crippen molar-refractivity contribution in [1.82, 2.24) is 9.97 Å². The summed E-state index contributed by atoms with van der Waals surface area (Å²) in [6, 6.07) is 10.6. The van der Waals surface area contributed by atoms with E-state index in [0.29, 0.717) is 5.92 Å². The molecule has 0 radical (unpaired) electrons. The number of rotatable bonds is 6. The van der Waals surface area contributed by atoms with Gasteiger partial charge in [0, 0.05) is 23.9 Å². The van der Waals surface area contributed by atoms with Crippen molar-refractivity contribution in [2.45, 2.75) is 46.5 Å². The summed E-state index contributed by atoms with van der Waals surface area (Å²) in [5.74, 6) is 2.28. The number of aryl methyl sites for hydroxylation is 1. The van der Waals surface area contributed by atoms with Gasteiger partial charge in [0.1, 0.15) is 5.82 Å². The summed E-state index contributed by atoms with van der Waals surface area (Å²) in [7, 11) is 0. The first-order chi connectivity index (χ1) is 10.1. The lowest BCUT2D eigenvalue weighted by Crippen LogP contribution is -2.05. The van der Waals surface area contributed by atoms with Crippen LogP contribution < -0.4 is 5.32 Å². The Balaban J connectivity index is 2.32. The highest BCUT2D eigenvalue weighted by Crippen LogP contribution is 2.22. The van der Waals surface area contributed by atoms with Crippen LogP contribution in [0.2, 0.25) is 0 Å². The molecule has 1 aromatic carbocycles. The molecule has 0 aliphatic rings. The molecule has 0 aliphatic heterocycles. The van der Waals surface area contributed by atoms with Crippen LogP contribution in [-0.4, -0.2) is 16.5 Å². The van der Waals surface area contributed by atoms with Crippen molar-refractivity contribution in [3.8, 4) is 11.4 Å². The lowest BCUT2D eigenvalue weighted by molar-refractivity contribution is 0.866. The van der Waals surface area contributed by atoms with E-state index in [2.05, 4.69) is 67.2 Å². The standard InChI is InChI=1S/C18H25N3/c1-5-11-19-17-12-16(6-2)20-18(21-17)15-9-7-14(8-10-15)13(3)4/h7-10,12-13H,5-6,11H2,1-4H3,(H,19,20,21). The monoisotopic (exact) mass is 283 g/mol. The molecule has 0 spiro atoms. The second kappa shape index (κ2) is 7.21. The minimum atomic E-state index is 0.545. The van der Waals surface area contributed by atoms with Gasteiger partial charge < -0.3 is 5.32 Å². The van der Waals surface area contributed by atoms with Gasteiger partial charge in [-0.1, -0.05) is 52.0 Å². The van der Waals surface area contributed by atoms with Crippen molar-refractivity contribution in [3.63, 3.8) is 0 Å². The van der Waals surface area contributed by atoms with Crippen LogP contribution in [0.25, 0.3) is 11.4 Å². The van der Waals surface area contributed by atoms with E-state index in [1.807, 2.05) is 6.07 Å². The molecule has 1 N–H and O–H groups in total. The summed E-state index contributed by atoms with van der Waals surface area (Å²) in [5.41, 5.74) is 3.50. The first-order valence-electron chi connectivity index (χ1n) is 7.86. The average molecular weight is 283 g/mol. The molecule has 3 nitrogen and oxygen atoms in total. The van der Waals surface area contributed by atoms with Gasteiger partial charge in [0.15, 0.2) is 5.82 Å². The quantitative estimate of drug-likeness (QED) is 0.838. The number of nitrogens with zero attached hydrogens (tertiary/aromatic N) is 2. The maximum atomic E-state index is 4.65. The number of nitrogens with one attached hydrogen (secondary N) is 1. The Morgan fingerprint density at radius 1 is 1.05 bits per heavy atom. The van der Waals surface area contributed by atoms with Gasteiger partial charge in [-0.25, -0.2) is 9.97 Å². The second-order valence-electron chi connectivity index (χ2n) is 5.63. The van der Waals surface area contributed by atoms with E-state index in [1.54, 1.807) is 0 Å². The summed E-state index contributed by atoms with van der Waals surface area (Å²) in [6.45, 7) is 9.62.